The third kappa shape index (κ3) is 4.63. The lowest BCUT2D eigenvalue weighted by Gasteiger charge is -2.12. The number of carbonyl (C=O) groups excluding carboxylic acids is 1. The molecule has 1 atom stereocenters. The highest BCUT2D eigenvalue weighted by Gasteiger charge is 2.14. The van der Waals surface area contributed by atoms with Gasteiger partial charge in [-0.1, -0.05) is 12.2 Å². The summed E-state index contributed by atoms with van der Waals surface area (Å²) in [7, 11) is 0. The predicted octanol–water partition coefficient (Wildman–Crippen LogP) is 2.75. The van der Waals surface area contributed by atoms with Gasteiger partial charge in [-0.3, -0.25) is 4.79 Å². The van der Waals surface area contributed by atoms with Gasteiger partial charge in [-0.15, -0.1) is 0 Å². The molecule has 0 spiro atoms. The van der Waals surface area contributed by atoms with Crippen molar-refractivity contribution in [2.75, 3.05) is 11.9 Å². The zero-order chi connectivity index (χ0) is 15.2. The maximum absolute atomic E-state index is 12.0. The number of carboxylic acids is 1. The Kier molecular flexibility index (Phi) is 4.98. The van der Waals surface area contributed by atoms with E-state index in [0.29, 0.717) is 18.1 Å². The van der Waals surface area contributed by atoms with E-state index < -0.39 is 5.97 Å². The van der Waals surface area contributed by atoms with Crippen LogP contribution in [0.15, 0.2) is 30.4 Å². The van der Waals surface area contributed by atoms with Gasteiger partial charge in [-0.25, -0.2) is 4.79 Å². The number of aryl methyl sites for hydroxylation is 1. The average molecular weight is 289 g/mol. The second-order valence-corrected chi connectivity index (χ2v) is 5.18. The van der Waals surface area contributed by atoms with Crippen molar-refractivity contribution < 1.29 is 19.4 Å². The first-order valence-electron chi connectivity index (χ1n) is 6.96. The topological polar surface area (TPSA) is 75.6 Å². The molecule has 0 fully saturated rings. The van der Waals surface area contributed by atoms with Crippen LogP contribution in [0.5, 0.6) is 5.75 Å². The fraction of sp³-hybridized carbons (Fsp3) is 0.375. The third-order valence-electron chi connectivity index (χ3n) is 3.39. The summed E-state index contributed by atoms with van der Waals surface area (Å²) in [6.07, 6.45) is 6.78. The largest absolute Gasteiger partial charge is 0.482 e. The van der Waals surface area contributed by atoms with Gasteiger partial charge in [-0.05, 0) is 49.4 Å². The molecule has 0 heterocycles. The molecule has 0 aromatic heterocycles. The van der Waals surface area contributed by atoms with Crippen LogP contribution in [-0.2, 0) is 9.59 Å². The number of hydrogen-bond donors (Lipinski definition) is 2. The molecule has 5 nitrogen and oxygen atoms in total. The smallest absolute Gasteiger partial charge is 0.341 e. The standard InChI is InChI=1S/C16H19NO4/c1-11-8-13(21-10-16(19)20)6-7-14(11)17-15(18)9-12-4-2-3-5-12/h2,4,6-8,12H,3,5,9-10H2,1H3,(H,17,18)(H,19,20)/t12-/m0/s1. The van der Waals surface area contributed by atoms with E-state index in [1.54, 1.807) is 18.2 Å². The van der Waals surface area contributed by atoms with Crippen molar-refractivity contribution in [3.05, 3.63) is 35.9 Å². The van der Waals surface area contributed by atoms with E-state index in [4.69, 9.17) is 9.84 Å². The van der Waals surface area contributed by atoms with Crippen LogP contribution in [0.25, 0.3) is 0 Å². The minimum absolute atomic E-state index is 0.00569. The van der Waals surface area contributed by atoms with Gasteiger partial charge in [0, 0.05) is 12.1 Å². The zero-order valence-corrected chi connectivity index (χ0v) is 12.0. The molecular formula is C16H19NO4. The highest BCUT2D eigenvalue weighted by molar-refractivity contribution is 5.91. The van der Waals surface area contributed by atoms with E-state index in [2.05, 4.69) is 17.5 Å². The molecule has 21 heavy (non-hydrogen) atoms. The predicted molar refractivity (Wildman–Crippen MR) is 79.4 cm³/mol. The Bertz CT molecular complexity index is 565. The molecule has 1 aliphatic carbocycles. The monoisotopic (exact) mass is 289 g/mol. The molecule has 1 amide bonds. The van der Waals surface area contributed by atoms with Crippen LogP contribution < -0.4 is 10.1 Å². The molecule has 0 bridgehead atoms. The number of carboxylic acid groups (broad SMARTS) is 1. The van der Waals surface area contributed by atoms with Crippen LogP contribution in [0.3, 0.4) is 0 Å². The molecule has 0 saturated heterocycles. The molecule has 0 saturated carbocycles. The Morgan fingerprint density at radius 3 is 2.86 bits per heavy atom. The lowest BCUT2D eigenvalue weighted by atomic mass is 10.0. The number of rotatable bonds is 6. The van der Waals surface area contributed by atoms with Crippen molar-refractivity contribution in [1.29, 1.82) is 0 Å². The van der Waals surface area contributed by atoms with Gasteiger partial charge in [0.2, 0.25) is 5.91 Å². The van der Waals surface area contributed by atoms with Gasteiger partial charge in [0.1, 0.15) is 5.75 Å². The Morgan fingerprint density at radius 2 is 2.24 bits per heavy atom. The number of nitrogens with one attached hydrogen (secondary N) is 1. The average Bonchev–Trinajstić information content (AvgIpc) is 2.92. The van der Waals surface area contributed by atoms with Crippen LogP contribution in [-0.4, -0.2) is 23.6 Å². The molecule has 0 aliphatic heterocycles. The fourth-order valence-electron chi connectivity index (χ4n) is 2.32. The summed E-state index contributed by atoms with van der Waals surface area (Å²) in [5.41, 5.74) is 1.57. The number of benzene rings is 1. The van der Waals surface area contributed by atoms with Crippen LogP contribution in [0.4, 0.5) is 5.69 Å². The van der Waals surface area contributed by atoms with E-state index in [1.807, 2.05) is 6.92 Å². The highest BCUT2D eigenvalue weighted by atomic mass is 16.5. The van der Waals surface area contributed by atoms with Gasteiger partial charge in [0.25, 0.3) is 0 Å². The van der Waals surface area contributed by atoms with Crippen LogP contribution >= 0.6 is 0 Å². The Morgan fingerprint density at radius 1 is 1.43 bits per heavy atom. The van der Waals surface area contributed by atoms with E-state index >= 15 is 0 Å². The Labute approximate surface area is 123 Å². The Balaban J connectivity index is 1.92. The van der Waals surface area contributed by atoms with Gasteiger partial charge < -0.3 is 15.2 Å². The van der Waals surface area contributed by atoms with Crippen molar-refractivity contribution in [3.8, 4) is 5.75 Å². The van der Waals surface area contributed by atoms with Crippen LogP contribution in [0.1, 0.15) is 24.8 Å². The summed E-state index contributed by atoms with van der Waals surface area (Å²) in [4.78, 5) is 22.4. The molecule has 5 heteroatoms. The molecule has 1 aromatic rings. The molecule has 0 radical (unpaired) electrons. The van der Waals surface area contributed by atoms with Gasteiger partial charge in [0.05, 0.1) is 0 Å². The summed E-state index contributed by atoms with van der Waals surface area (Å²) >= 11 is 0. The number of allylic oxidation sites excluding steroid dienone is 2. The molecule has 2 N–H and O–H groups in total. The number of aliphatic carboxylic acids is 1. The van der Waals surface area contributed by atoms with E-state index in [1.165, 1.54) is 0 Å². The zero-order valence-electron chi connectivity index (χ0n) is 12.0. The highest BCUT2D eigenvalue weighted by Crippen LogP contribution is 2.24. The second-order valence-electron chi connectivity index (χ2n) is 5.18. The summed E-state index contributed by atoms with van der Waals surface area (Å²) < 4.78 is 5.09. The molecule has 1 aliphatic rings. The molecule has 0 unspecified atom stereocenters. The van der Waals surface area contributed by atoms with E-state index in [0.717, 1.165) is 24.1 Å². The van der Waals surface area contributed by atoms with Crippen LogP contribution in [0.2, 0.25) is 0 Å². The number of hydrogen-bond acceptors (Lipinski definition) is 3. The van der Waals surface area contributed by atoms with Crippen LogP contribution in [0, 0.1) is 12.8 Å². The van der Waals surface area contributed by atoms with Crippen molar-refractivity contribution in [3.63, 3.8) is 0 Å². The van der Waals surface area contributed by atoms with Gasteiger partial charge >= 0.3 is 5.97 Å². The first kappa shape index (κ1) is 15.1. The summed E-state index contributed by atoms with van der Waals surface area (Å²) in [6, 6.07) is 5.10. The third-order valence-corrected chi connectivity index (χ3v) is 3.39. The van der Waals surface area contributed by atoms with Gasteiger partial charge in [0.15, 0.2) is 6.61 Å². The minimum Gasteiger partial charge on any atom is -0.482 e. The summed E-state index contributed by atoms with van der Waals surface area (Å²) in [6.45, 7) is 1.47. The molecular weight excluding hydrogens is 270 g/mol. The van der Waals surface area contributed by atoms with E-state index in [-0.39, 0.29) is 12.5 Å². The first-order valence-corrected chi connectivity index (χ1v) is 6.96. The number of amides is 1. The number of anilines is 1. The van der Waals surface area contributed by atoms with Crippen molar-refractivity contribution in [2.24, 2.45) is 5.92 Å². The van der Waals surface area contributed by atoms with Crippen molar-refractivity contribution >= 4 is 17.6 Å². The lowest BCUT2D eigenvalue weighted by molar-refractivity contribution is -0.139. The quantitative estimate of drug-likeness (QED) is 0.790. The number of carbonyl (C=O) groups is 2. The second kappa shape index (κ2) is 6.92. The SMILES string of the molecule is Cc1cc(OCC(=O)O)ccc1NC(=O)C[C@H]1C=CCC1. The van der Waals surface area contributed by atoms with E-state index in [9.17, 15) is 9.59 Å². The van der Waals surface area contributed by atoms with Gasteiger partial charge in [-0.2, -0.15) is 0 Å². The normalized spacial score (nSPS) is 16.7. The molecule has 2 rings (SSSR count). The Hall–Kier alpha value is -2.30. The fourth-order valence-corrected chi connectivity index (χ4v) is 2.32. The molecule has 1 aromatic carbocycles. The number of ether oxygens (including phenoxy) is 1. The van der Waals surface area contributed by atoms with Crippen molar-refractivity contribution in [1.82, 2.24) is 0 Å². The molecule has 112 valence electrons. The summed E-state index contributed by atoms with van der Waals surface area (Å²) in [5.74, 6) is -0.210. The van der Waals surface area contributed by atoms with Crippen molar-refractivity contribution in [2.45, 2.75) is 26.2 Å². The summed E-state index contributed by atoms with van der Waals surface area (Å²) in [5, 5.41) is 11.5. The maximum atomic E-state index is 12.0. The lowest BCUT2D eigenvalue weighted by Crippen LogP contribution is -2.15. The maximum Gasteiger partial charge on any atom is 0.341 e. The first-order chi connectivity index (χ1) is 10.0. The minimum atomic E-state index is -1.02.